The zero-order valence-electron chi connectivity index (χ0n) is 24.6. The fourth-order valence-electron chi connectivity index (χ4n) is 4.61. The zero-order valence-corrected chi connectivity index (χ0v) is 24.6. The number of hydrogen-bond acceptors (Lipinski definition) is 6. The Labute approximate surface area is 245 Å². The fourth-order valence-corrected chi connectivity index (χ4v) is 4.61. The number of nitrogens with zero attached hydrogens (tertiary/aromatic N) is 1. The lowest BCUT2D eigenvalue weighted by Gasteiger charge is -2.32. The third-order valence-corrected chi connectivity index (χ3v) is 6.91. The highest BCUT2D eigenvalue weighted by Crippen LogP contribution is 2.40. The van der Waals surface area contributed by atoms with Crippen molar-refractivity contribution in [2.24, 2.45) is 5.41 Å². The van der Waals surface area contributed by atoms with Gasteiger partial charge in [-0.15, -0.1) is 0 Å². The molecule has 0 aliphatic heterocycles. The number of benzene rings is 1. The summed E-state index contributed by atoms with van der Waals surface area (Å²) in [4.78, 5) is 40.2. The molecule has 0 saturated carbocycles. The summed E-state index contributed by atoms with van der Waals surface area (Å²) in [6, 6.07) is 6.58. The van der Waals surface area contributed by atoms with E-state index in [1.54, 1.807) is 13.0 Å². The number of carbonyl (C=O) groups is 3. The van der Waals surface area contributed by atoms with Gasteiger partial charge >= 0.3 is 17.9 Å². The minimum Gasteiger partial charge on any atom is -0.486 e. The van der Waals surface area contributed by atoms with Gasteiger partial charge in [0.1, 0.15) is 12.4 Å². The minimum absolute atomic E-state index is 0.0901. The van der Waals surface area contributed by atoms with Crippen LogP contribution in [-0.4, -0.2) is 28.0 Å². The first-order valence-electron chi connectivity index (χ1n) is 13.6. The summed E-state index contributed by atoms with van der Waals surface area (Å²) in [5.74, 6) is -3.89. The molecule has 0 spiro atoms. The Hall–Kier alpha value is -4.59. The molecule has 1 aliphatic carbocycles. The maximum absolute atomic E-state index is 13.1. The van der Waals surface area contributed by atoms with Gasteiger partial charge in [0.15, 0.2) is 11.4 Å². The molecule has 3 rings (SSSR count). The van der Waals surface area contributed by atoms with Crippen molar-refractivity contribution in [2.75, 3.05) is 0 Å². The first-order valence-corrected chi connectivity index (χ1v) is 13.6. The van der Waals surface area contributed by atoms with Crippen LogP contribution in [-0.2, 0) is 16.1 Å². The van der Waals surface area contributed by atoms with E-state index in [4.69, 9.17) is 9.47 Å². The number of carbonyl (C=O) groups excluding carboxylic acids is 2. The van der Waals surface area contributed by atoms with Gasteiger partial charge in [-0.05, 0) is 80.4 Å². The molecule has 1 heterocycles. The van der Waals surface area contributed by atoms with E-state index in [1.807, 2.05) is 19.1 Å². The number of allylic oxidation sites excluding steroid dienone is 9. The summed E-state index contributed by atoms with van der Waals surface area (Å²) < 4.78 is 23.6. The number of halogens is 1. The van der Waals surface area contributed by atoms with Gasteiger partial charge < -0.3 is 14.6 Å². The van der Waals surface area contributed by atoms with Crippen LogP contribution in [0, 0.1) is 11.2 Å². The molecule has 2 aromatic rings. The van der Waals surface area contributed by atoms with E-state index in [2.05, 4.69) is 37.9 Å². The van der Waals surface area contributed by atoms with Crippen LogP contribution in [0.3, 0.4) is 0 Å². The molecule has 0 fully saturated rings. The second kappa shape index (κ2) is 14.3. The van der Waals surface area contributed by atoms with Crippen LogP contribution in [0.25, 0.3) is 0 Å². The number of aromatic carboxylic acids is 1. The molecular weight excluding hydrogens is 537 g/mol. The molecule has 1 aliphatic rings. The van der Waals surface area contributed by atoms with E-state index in [0.29, 0.717) is 11.1 Å². The van der Waals surface area contributed by atoms with Crippen LogP contribution >= 0.6 is 0 Å². The molecule has 220 valence electrons. The maximum Gasteiger partial charge on any atom is 0.358 e. The van der Waals surface area contributed by atoms with Crippen molar-refractivity contribution < 1.29 is 33.4 Å². The first-order chi connectivity index (χ1) is 19.9. The van der Waals surface area contributed by atoms with Crippen LogP contribution in [0.5, 0.6) is 5.75 Å². The van der Waals surface area contributed by atoms with Gasteiger partial charge in [0.25, 0.3) is 0 Å². The SMILES string of the molecule is CC1=C(/C=C/C(C)=C/C=C/C(C)=C/C(=O)OC(=O)c2cnc(C(=O)O)c(OCc3ccc(F)cc3)c2)C(C)(C)CCC1. The number of ether oxygens (including phenoxy) is 2. The monoisotopic (exact) mass is 573 g/mol. The third-order valence-electron chi connectivity index (χ3n) is 6.91. The van der Waals surface area contributed by atoms with Gasteiger partial charge in [-0.1, -0.05) is 67.5 Å². The topological polar surface area (TPSA) is 103 Å². The van der Waals surface area contributed by atoms with E-state index < -0.39 is 29.4 Å². The van der Waals surface area contributed by atoms with Crippen molar-refractivity contribution >= 4 is 17.9 Å². The Balaban J connectivity index is 1.62. The maximum atomic E-state index is 13.1. The molecule has 0 amide bonds. The summed E-state index contributed by atoms with van der Waals surface area (Å²) in [5, 5.41) is 9.41. The van der Waals surface area contributed by atoms with E-state index in [9.17, 15) is 23.9 Å². The summed E-state index contributed by atoms with van der Waals surface area (Å²) in [6.07, 6.45) is 15.4. The molecular formula is C34H36FNO6. The zero-order chi connectivity index (χ0) is 30.9. The highest BCUT2D eigenvalue weighted by molar-refractivity contribution is 6.01. The predicted molar refractivity (Wildman–Crippen MR) is 158 cm³/mol. The third kappa shape index (κ3) is 9.23. The molecule has 42 heavy (non-hydrogen) atoms. The molecule has 1 aromatic carbocycles. The normalized spacial score (nSPS) is 15.8. The Morgan fingerprint density at radius 3 is 2.48 bits per heavy atom. The minimum atomic E-state index is -1.37. The average molecular weight is 574 g/mol. The first kappa shape index (κ1) is 31.9. The lowest BCUT2D eigenvalue weighted by molar-refractivity contribution is -0.132. The standard InChI is InChI=1S/C34H36FNO6/c1-22(11-16-28-24(3)10-7-17-34(28,4)5)8-6-9-23(2)18-30(37)42-33(40)26-19-29(31(32(38)39)36-20-26)41-21-25-12-14-27(35)15-13-25/h6,8-9,11-16,18-20H,7,10,17,21H2,1-5H3,(H,38,39)/b9-6+,16-11+,22-8+,23-18+. The van der Waals surface area contributed by atoms with Crippen molar-refractivity contribution in [1.29, 1.82) is 0 Å². The molecule has 0 unspecified atom stereocenters. The molecule has 7 nitrogen and oxygen atoms in total. The summed E-state index contributed by atoms with van der Waals surface area (Å²) in [6.45, 7) is 10.4. The Kier molecular flexibility index (Phi) is 10.9. The van der Waals surface area contributed by atoms with Crippen molar-refractivity contribution in [1.82, 2.24) is 4.98 Å². The van der Waals surface area contributed by atoms with Gasteiger partial charge in [-0.3, -0.25) is 0 Å². The van der Waals surface area contributed by atoms with E-state index in [-0.39, 0.29) is 23.3 Å². The van der Waals surface area contributed by atoms with Crippen molar-refractivity contribution in [3.05, 3.63) is 118 Å². The van der Waals surface area contributed by atoms with E-state index >= 15 is 0 Å². The Morgan fingerprint density at radius 1 is 1.10 bits per heavy atom. The number of carboxylic acid groups (broad SMARTS) is 1. The predicted octanol–water partition coefficient (Wildman–Crippen LogP) is 7.71. The van der Waals surface area contributed by atoms with Gasteiger partial charge in [0, 0.05) is 12.3 Å². The highest BCUT2D eigenvalue weighted by Gasteiger charge is 2.26. The smallest absolute Gasteiger partial charge is 0.358 e. The van der Waals surface area contributed by atoms with Gasteiger partial charge in [0.05, 0.1) is 5.56 Å². The number of aromatic nitrogens is 1. The van der Waals surface area contributed by atoms with Crippen LogP contribution in [0.4, 0.5) is 4.39 Å². The van der Waals surface area contributed by atoms with Crippen molar-refractivity contribution in [2.45, 2.75) is 60.5 Å². The summed E-state index contributed by atoms with van der Waals surface area (Å²) in [5.41, 5.74) is 4.58. The van der Waals surface area contributed by atoms with E-state index in [1.165, 1.54) is 54.3 Å². The fraction of sp³-hybridized carbons (Fsp3) is 0.294. The molecule has 1 aromatic heterocycles. The number of pyridine rings is 1. The van der Waals surface area contributed by atoms with E-state index in [0.717, 1.165) is 24.3 Å². The summed E-state index contributed by atoms with van der Waals surface area (Å²) in [7, 11) is 0. The number of hydrogen-bond donors (Lipinski definition) is 1. The van der Waals surface area contributed by atoms with Crippen LogP contribution in [0.2, 0.25) is 0 Å². The second-order valence-electron chi connectivity index (χ2n) is 10.9. The number of carboxylic acids is 1. The Morgan fingerprint density at radius 2 is 1.81 bits per heavy atom. The molecule has 0 saturated heterocycles. The largest absolute Gasteiger partial charge is 0.486 e. The van der Waals surface area contributed by atoms with Gasteiger partial charge in [0.2, 0.25) is 0 Å². The number of rotatable bonds is 10. The second-order valence-corrected chi connectivity index (χ2v) is 10.9. The van der Waals surface area contributed by atoms with Crippen LogP contribution in [0.15, 0.2) is 95.3 Å². The number of esters is 2. The highest BCUT2D eigenvalue weighted by atomic mass is 19.1. The molecule has 8 heteroatoms. The van der Waals surface area contributed by atoms with Gasteiger partial charge in [-0.2, -0.15) is 0 Å². The molecule has 0 radical (unpaired) electrons. The lowest BCUT2D eigenvalue weighted by atomic mass is 9.72. The van der Waals surface area contributed by atoms with Crippen molar-refractivity contribution in [3.63, 3.8) is 0 Å². The molecule has 1 N–H and O–H groups in total. The van der Waals surface area contributed by atoms with Crippen LogP contribution in [0.1, 0.15) is 80.3 Å². The van der Waals surface area contributed by atoms with Crippen molar-refractivity contribution in [3.8, 4) is 5.75 Å². The quantitative estimate of drug-likeness (QED) is 0.134. The molecule has 0 atom stereocenters. The Bertz CT molecular complexity index is 1490. The average Bonchev–Trinajstić information content (AvgIpc) is 2.91. The van der Waals surface area contributed by atoms with Gasteiger partial charge in [-0.25, -0.2) is 23.8 Å². The lowest BCUT2D eigenvalue weighted by Crippen LogP contribution is -2.19. The molecule has 0 bridgehead atoms. The summed E-state index contributed by atoms with van der Waals surface area (Å²) >= 11 is 0. The van der Waals surface area contributed by atoms with Crippen LogP contribution < -0.4 is 4.74 Å².